The Balaban J connectivity index is 1.86. The molecule has 0 radical (unpaired) electrons. The molecule has 3 nitrogen and oxygen atoms in total. The van der Waals surface area contributed by atoms with Crippen molar-refractivity contribution in [1.29, 1.82) is 0 Å². The summed E-state index contributed by atoms with van der Waals surface area (Å²) in [5, 5.41) is 2.80. The molecule has 0 bridgehead atoms. The largest absolute Gasteiger partial charge is 0.451 e. The number of hydrogen-bond donors (Lipinski definition) is 1. The maximum absolute atomic E-state index is 13.1. The van der Waals surface area contributed by atoms with E-state index in [1.807, 2.05) is 0 Å². The first kappa shape index (κ1) is 9.58. The molecule has 1 N–H and O–H groups in total. The van der Waals surface area contributed by atoms with Crippen LogP contribution in [0.3, 0.4) is 0 Å². The van der Waals surface area contributed by atoms with Crippen molar-refractivity contribution in [3.8, 4) is 0 Å². The van der Waals surface area contributed by atoms with Crippen LogP contribution in [-0.4, -0.2) is 16.9 Å². The number of halogens is 2. The first-order valence-electron chi connectivity index (χ1n) is 4.67. The molecule has 2 rings (SSSR count). The molecule has 0 aliphatic heterocycles. The van der Waals surface area contributed by atoms with Gasteiger partial charge in [-0.1, -0.05) is 0 Å². The summed E-state index contributed by atoms with van der Waals surface area (Å²) in [5.74, 6) is -2.57. The van der Waals surface area contributed by atoms with E-state index in [0.717, 1.165) is 0 Å². The quantitative estimate of drug-likeness (QED) is 0.814. The average Bonchev–Trinajstić information content (AvgIpc) is 2.71. The van der Waals surface area contributed by atoms with Crippen molar-refractivity contribution in [1.82, 2.24) is 10.3 Å². The third-order valence-corrected chi connectivity index (χ3v) is 2.53. The van der Waals surface area contributed by atoms with Gasteiger partial charge in [0.15, 0.2) is 6.39 Å². The smallest absolute Gasteiger partial charge is 0.263 e. The van der Waals surface area contributed by atoms with Crippen LogP contribution in [0.2, 0.25) is 0 Å². The van der Waals surface area contributed by atoms with Crippen LogP contribution in [0.1, 0.15) is 25.0 Å². The van der Waals surface area contributed by atoms with Crippen molar-refractivity contribution in [3.63, 3.8) is 0 Å². The molecule has 1 unspecified atom stereocenters. The van der Waals surface area contributed by atoms with Crippen molar-refractivity contribution >= 4 is 0 Å². The molecular weight excluding hydrogens is 190 g/mol. The maximum Gasteiger partial charge on any atom is 0.263 e. The highest BCUT2D eigenvalue weighted by Gasteiger charge is 2.43. The van der Waals surface area contributed by atoms with E-state index >= 15 is 0 Å². The van der Waals surface area contributed by atoms with Crippen molar-refractivity contribution in [2.75, 3.05) is 0 Å². The summed E-state index contributed by atoms with van der Waals surface area (Å²) in [4.78, 5) is 3.85. The topological polar surface area (TPSA) is 38.1 Å². The molecule has 0 spiro atoms. The second-order valence-corrected chi connectivity index (χ2v) is 3.57. The van der Waals surface area contributed by atoms with E-state index in [0.29, 0.717) is 25.1 Å². The fraction of sp³-hybridized carbons (Fsp3) is 0.667. The number of oxazole rings is 1. The van der Waals surface area contributed by atoms with Crippen molar-refractivity contribution in [2.45, 2.75) is 37.8 Å². The Labute approximate surface area is 80.5 Å². The van der Waals surface area contributed by atoms with Crippen molar-refractivity contribution in [2.24, 2.45) is 0 Å². The Morgan fingerprint density at radius 3 is 3.07 bits per heavy atom. The van der Waals surface area contributed by atoms with Gasteiger partial charge in [0, 0.05) is 13.0 Å². The Bertz CT molecular complexity index is 287. The minimum absolute atomic E-state index is 0.0104. The zero-order valence-corrected chi connectivity index (χ0v) is 7.67. The summed E-state index contributed by atoms with van der Waals surface area (Å²) in [6.07, 6.45) is 3.86. The molecule has 1 heterocycles. The lowest BCUT2D eigenvalue weighted by molar-refractivity contribution is -0.0183. The molecule has 0 aromatic carbocycles. The van der Waals surface area contributed by atoms with Crippen LogP contribution in [0, 0.1) is 0 Å². The van der Waals surface area contributed by atoms with Crippen molar-refractivity contribution in [3.05, 3.63) is 18.4 Å². The maximum atomic E-state index is 13.1. The number of rotatable bonds is 3. The van der Waals surface area contributed by atoms with Crippen LogP contribution in [-0.2, 0) is 6.54 Å². The number of nitrogens with one attached hydrogen (secondary N) is 1. The highest BCUT2D eigenvalue weighted by Crippen LogP contribution is 2.34. The van der Waals surface area contributed by atoms with Gasteiger partial charge in [-0.15, -0.1) is 0 Å². The molecule has 78 valence electrons. The lowest BCUT2D eigenvalue weighted by atomic mass is 10.2. The molecular formula is C9H12F2N2O. The van der Waals surface area contributed by atoms with Gasteiger partial charge in [-0.05, 0) is 12.8 Å². The standard InChI is InChI=1S/C9H12F2N2O/c10-9(11)3-1-2-8(9)12-4-7-5-14-6-13-7/h5-6,8,12H,1-4H2. The fourth-order valence-electron chi connectivity index (χ4n) is 1.73. The molecule has 1 aliphatic rings. The summed E-state index contributed by atoms with van der Waals surface area (Å²) < 4.78 is 31.0. The monoisotopic (exact) mass is 202 g/mol. The number of aromatic nitrogens is 1. The summed E-state index contributed by atoms with van der Waals surface area (Å²) in [5.41, 5.74) is 0.660. The lowest BCUT2D eigenvalue weighted by Gasteiger charge is -2.19. The van der Waals surface area contributed by atoms with Crippen LogP contribution < -0.4 is 5.32 Å². The van der Waals surface area contributed by atoms with Crippen LogP contribution in [0.5, 0.6) is 0 Å². The zero-order valence-electron chi connectivity index (χ0n) is 7.67. The summed E-state index contributed by atoms with van der Waals surface area (Å²) >= 11 is 0. The van der Waals surface area contributed by atoms with E-state index in [2.05, 4.69) is 10.3 Å². The highest BCUT2D eigenvalue weighted by atomic mass is 19.3. The van der Waals surface area contributed by atoms with E-state index in [4.69, 9.17) is 4.42 Å². The molecule has 1 saturated carbocycles. The lowest BCUT2D eigenvalue weighted by Crippen LogP contribution is -2.40. The summed E-state index contributed by atoms with van der Waals surface area (Å²) in [6, 6.07) is -0.709. The third kappa shape index (κ3) is 1.92. The predicted molar refractivity (Wildman–Crippen MR) is 45.9 cm³/mol. The molecule has 5 heteroatoms. The van der Waals surface area contributed by atoms with Gasteiger partial charge >= 0.3 is 0 Å². The van der Waals surface area contributed by atoms with E-state index < -0.39 is 12.0 Å². The minimum atomic E-state index is -2.57. The van der Waals surface area contributed by atoms with Gasteiger partial charge in [-0.2, -0.15) is 0 Å². The zero-order chi connectivity index (χ0) is 10.0. The van der Waals surface area contributed by atoms with Gasteiger partial charge in [-0.25, -0.2) is 13.8 Å². The normalized spacial score (nSPS) is 25.4. The van der Waals surface area contributed by atoms with E-state index in [1.54, 1.807) is 0 Å². The Kier molecular flexibility index (Phi) is 2.50. The van der Waals surface area contributed by atoms with Gasteiger partial charge in [-0.3, -0.25) is 0 Å². The van der Waals surface area contributed by atoms with Crippen LogP contribution in [0.4, 0.5) is 8.78 Å². The second kappa shape index (κ2) is 3.65. The van der Waals surface area contributed by atoms with Crippen LogP contribution in [0.25, 0.3) is 0 Å². The van der Waals surface area contributed by atoms with Gasteiger partial charge in [0.05, 0.1) is 11.7 Å². The second-order valence-electron chi connectivity index (χ2n) is 3.57. The fourth-order valence-corrected chi connectivity index (χ4v) is 1.73. The first-order valence-corrected chi connectivity index (χ1v) is 4.67. The molecule has 0 saturated heterocycles. The van der Waals surface area contributed by atoms with Crippen LogP contribution >= 0.6 is 0 Å². The Hall–Kier alpha value is -0.970. The average molecular weight is 202 g/mol. The number of nitrogens with zero attached hydrogens (tertiary/aromatic N) is 1. The van der Waals surface area contributed by atoms with Gasteiger partial charge < -0.3 is 9.73 Å². The molecule has 1 aliphatic carbocycles. The first-order chi connectivity index (χ1) is 6.68. The third-order valence-electron chi connectivity index (χ3n) is 2.53. The molecule has 1 fully saturated rings. The Morgan fingerprint density at radius 2 is 2.50 bits per heavy atom. The summed E-state index contributed by atoms with van der Waals surface area (Å²) in [6.45, 7) is 0.344. The number of alkyl halides is 2. The van der Waals surface area contributed by atoms with E-state index in [9.17, 15) is 8.78 Å². The van der Waals surface area contributed by atoms with E-state index in [1.165, 1.54) is 12.7 Å². The van der Waals surface area contributed by atoms with Gasteiger partial charge in [0.2, 0.25) is 0 Å². The molecule has 1 aromatic rings. The van der Waals surface area contributed by atoms with Gasteiger partial charge in [0.25, 0.3) is 5.92 Å². The number of hydrogen-bond acceptors (Lipinski definition) is 3. The minimum Gasteiger partial charge on any atom is -0.451 e. The molecule has 1 atom stereocenters. The van der Waals surface area contributed by atoms with Crippen LogP contribution in [0.15, 0.2) is 17.1 Å². The summed E-state index contributed by atoms with van der Waals surface area (Å²) in [7, 11) is 0. The van der Waals surface area contributed by atoms with Crippen molar-refractivity contribution < 1.29 is 13.2 Å². The molecule has 1 aromatic heterocycles. The molecule has 0 amide bonds. The molecule has 14 heavy (non-hydrogen) atoms. The van der Waals surface area contributed by atoms with Gasteiger partial charge in [0.1, 0.15) is 6.26 Å². The van der Waals surface area contributed by atoms with E-state index in [-0.39, 0.29) is 6.42 Å². The Morgan fingerprint density at radius 1 is 1.64 bits per heavy atom. The highest BCUT2D eigenvalue weighted by molar-refractivity contribution is 4.95. The SMILES string of the molecule is FC1(F)CCCC1NCc1cocn1. The predicted octanol–water partition coefficient (Wildman–Crippen LogP) is 1.95.